The van der Waals surface area contributed by atoms with E-state index in [9.17, 15) is 9.59 Å². The van der Waals surface area contributed by atoms with Crippen LogP contribution in [0.2, 0.25) is 0 Å². The molecule has 2 rings (SSSR count). The Bertz CT molecular complexity index is 504. The molecule has 1 aromatic rings. The molecular formula is C17H25N3O2. The van der Waals surface area contributed by atoms with Crippen molar-refractivity contribution in [1.82, 2.24) is 10.2 Å². The second-order valence-electron chi connectivity index (χ2n) is 6.03. The second kappa shape index (κ2) is 7.94. The van der Waals surface area contributed by atoms with Crippen LogP contribution in [0.3, 0.4) is 0 Å². The van der Waals surface area contributed by atoms with Gasteiger partial charge < -0.3 is 16.0 Å². The molecule has 3 N–H and O–H groups in total. The van der Waals surface area contributed by atoms with Gasteiger partial charge in [0.25, 0.3) is 0 Å². The zero-order valence-corrected chi connectivity index (χ0v) is 13.1. The van der Waals surface area contributed by atoms with Gasteiger partial charge in [0.05, 0.1) is 6.04 Å². The summed E-state index contributed by atoms with van der Waals surface area (Å²) in [5.74, 6) is 0.311. The van der Waals surface area contributed by atoms with E-state index in [1.54, 1.807) is 0 Å². The fraction of sp³-hybridized carbons (Fsp3) is 0.529. The van der Waals surface area contributed by atoms with Crippen molar-refractivity contribution >= 4 is 11.8 Å². The van der Waals surface area contributed by atoms with Crippen molar-refractivity contribution in [1.29, 1.82) is 0 Å². The minimum atomic E-state index is -0.498. The number of nitrogens with zero attached hydrogens (tertiary/aromatic N) is 1. The molecule has 1 unspecified atom stereocenters. The van der Waals surface area contributed by atoms with Gasteiger partial charge in [-0.25, -0.2) is 0 Å². The lowest BCUT2D eigenvalue weighted by Crippen LogP contribution is -2.50. The maximum absolute atomic E-state index is 12.5. The molecule has 2 amide bonds. The molecular weight excluding hydrogens is 278 g/mol. The number of carbonyl (C=O) groups excluding carboxylic acids is 2. The van der Waals surface area contributed by atoms with Gasteiger partial charge >= 0.3 is 0 Å². The first-order valence-corrected chi connectivity index (χ1v) is 7.89. The zero-order chi connectivity index (χ0) is 15.9. The molecule has 1 aliphatic rings. The maximum Gasteiger partial charge on any atom is 0.239 e. The number of hydrogen-bond donors (Lipinski definition) is 2. The number of carbonyl (C=O) groups is 2. The third kappa shape index (κ3) is 4.84. The molecule has 0 aliphatic carbocycles. The van der Waals surface area contributed by atoms with Crippen molar-refractivity contribution in [2.75, 3.05) is 19.6 Å². The monoisotopic (exact) mass is 303 g/mol. The summed E-state index contributed by atoms with van der Waals surface area (Å²) in [4.78, 5) is 25.4. The molecule has 1 heterocycles. The van der Waals surface area contributed by atoms with E-state index in [1.807, 2.05) is 35.2 Å². The maximum atomic E-state index is 12.5. The summed E-state index contributed by atoms with van der Waals surface area (Å²) >= 11 is 0. The van der Waals surface area contributed by atoms with Crippen LogP contribution in [0, 0.1) is 5.92 Å². The van der Waals surface area contributed by atoms with Crippen molar-refractivity contribution in [2.45, 2.75) is 32.2 Å². The standard InChI is InChI=1S/C17H25N3O2/c1-13(21)19-11-15-8-5-9-20(12-15)17(22)16(18)10-14-6-3-2-4-7-14/h2-4,6-7,15-16H,5,8-12,18H2,1H3,(H,19,21)/t15?,16-/m0/s1. The Hall–Kier alpha value is -1.88. The van der Waals surface area contributed by atoms with Crippen molar-refractivity contribution in [3.63, 3.8) is 0 Å². The lowest BCUT2D eigenvalue weighted by atomic mass is 9.96. The minimum absolute atomic E-state index is 0.0105. The molecule has 2 atom stereocenters. The lowest BCUT2D eigenvalue weighted by Gasteiger charge is -2.34. The molecule has 0 aromatic heterocycles. The third-order valence-electron chi connectivity index (χ3n) is 4.09. The average molecular weight is 303 g/mol. The number of amides is 2. The van der Waals surface area contributed by atoms with Gasteiger partial charge in [0, 0.05) is 26.6 Å². The van der Waals surface area contributed by atoms with E-state index in [0.717, 1.165) is 24.9 Å². The van der Waals surface area contributed by atoms with Crippen molar-refractivity contribution in [3.8, 4) is 0 Å². The molecule has 1 fully saturated rings. The molecule has 0 bridgehead atoms. The molecule has 1 aliphatic heterocycles. The molecule has 5 nitrogen and oxygen atoms in total. The van der Waals surface area contributed by atoms with Crippen LogP contribution in [-0.2, 0) is 16.0 Å². The molecule has 0 radical (unpaired) electrons. The van der Waals surface area contributed by atoms with E-state index >= 15 is 0 Å². The van der Waals surface area contributed by atoms with Crippen LogP contribution in [0.15, 0.2) is 30.3 Å². The molecule has 22 heavy (non-hydrogen) atoms. The minimum Gasteiger partial charge on any atom is -0.356 e. The summed E-state index contributed by atoms with van der Waals surface area (Å²) in [5.41, 5.74) is 7.17. The summed E-state index contributed by atoms with van der Waals surface area (Å²) < 4.78 is 0. The highest BCUT2D eigenvalue weighted by Gasteiger charge is 2.27. The van der Waals surface area contributed by atoms with Crippen molar-refractivity contribution in [2.24, 2.45) is 11.7 Å². The SMILES string of the molecule is CC(=O)NCC1CCCN(C(=O)[C@@H](N)Cc2ccccc2)C1. The van der Waals surface area contributed by atoms with Gasteiger partial charge in [0.15, 0.2) is 0 Å². The highest BCUT2D eigenvalue weighted by molar-refractivity contribution is 5.82. The Morgan fingerprint density at radius 1 is 1.36 bits per heavy atom. The lowest BCUT2D eigenvalue weighted by molar-refractivity contribution is -0.134. The molecule has 5 heteroatoms. The van der Waals surface area contributed by atoms with Gasteiger partial charge in [-0.2, -0.15) is 0 Å². The van der Waals surface area contributed by atoms with Crippen LogP contribution in [0.1, 0.15) is 25.3 Å². The first-order chi connectivity index (χ1) is 10.6. The van der Waals surface area contributed by atoms with Gasteiger partial charge in [-0.3, -0.25) is 9.59 Å². The van der Waals surface area contributed by atoms with Crippen molar-refractivity contribution in [3.05, 3.63) is 35.9 Å². The number of nitrogens with two attached hydrogens (primary N) is 1. The van der Waals surface area contributed by atoms with E-state index in [0.29, 0.717) is 25.4 Å². The second-order valence-corrected chi connectivity index (χ2v) is 6.03. The number of nitrogens with one attached hydrogen (secondary N) is 1. The number of rotatable bonds is 5. The number of likely N-dealkylation sites (tertiary alicyclic amines) is 1. The number of hydrogen-bond acceptors (Lipinski definition) is 3. The fourth-order valence-corrected chi connectivity index (χ4v) is 2.91. The zero-order valence-electron chi connectivity index (χ0n) is 13.1. The van der Waals surface area contributed by atoms with Crippen molar-refractivity contribution < 1.29 is 9.59 Å². The molecule has 0 spiro atoms. The van der Waals surface area contributed by atoms with Gasteiger partial charge in [0.2, 0.25) is 11.8 Å². The van der Waals surface area contributed by atoms with E-state index < -0.39 is 6.04 Å². The smallest absolute Gasteiger partial charge is 0.239 e. The Labute approximate surface area is 131 Å². The number of benzene rings is 1. The van der Waals surface area contributed by atoms with E-state index in [-0.39, 0.29) is 11.8 Å². The molecule has 0 saturated carbocycles. The Morgan fingerprint density at radius 2 is 2.09 bits per heavy atom. The largest absolute Gasteiger partial charge is 0.356 e. The van der Waals surface area contributed by atoms with E-state index in [1.165, 1.54) is 6.92 Å². The summed E-state index contributed by atoms with van der Waals surface area (Å²) in [5, 5.41) is 2.84. The quantitative estimate of drug-likeness (QED) is 0.850. The predicted molar refractivity (Wildman–Crippen MR) is 86.1 cm³/mol. The van der Waals surface area contributed by atoms with Gasteiger partial charge in [0.1, 0.15) is 0 Å². The summed E-state index contributed by atoms with van der Waals surface area (Å²) in [7, 11) is 0. The highest BCUT2D eigenvalue weighted by Crippen LogP contribution is 2.17. The van der Waals surface area contributed by atoms with Crippen LogP contribution in [-0.4, -0.2) is 42.4 Å². The van der Waals surface area contributed by atoms with Crippen LogP contribution in [0.5, 0.6) is 0 Å². The Balaban J connectivity index is 1.86. The van der Waals surface area contributed by atoms with Gasteiger partial charge in [-0.15, -0.1) is 0 Å². The van der Waals surface area contributed by atoms with Crippen LogP contribution >= 0.6 is 0 Å². The Kier molecular flexibility index (Phi) is 5.95. The first-order valence-electron chi connectivity index (χ1n) is 7.89. The molecule has 1 saturated heterocycles. The highest BCUT2D eigenvalue weighted by atomic mass is 16.2. The topological polar surface area (TPSA) is 75.4 Å². The summed E-state index contributed by atoms with van der Waals surface area (Å²) in [6, 6.07) is 9.34. The van der Waals surface area contributed by atoms with Gasteiger partial charge in [-0.05, 0) is 30.7 Å². The van der Waals surface area contributed by atoms with Crippen LogP contribution in [0.25, 0.3) is 0 Å². The summed E-state index contributed by atoms with van der Waals surface area (Å²) in [6.07, 6.45) is 2.57. The van der Waals surface area contributed by atoms with Crippen LogP contribution < -0.4 is 11.1 Å². The van der Waals surface area contributed by atoms with Crippen LogP contribution in [0.4, 0.5) is 0 Å². The number of piperidine rings is 1. The van der Waals surface area contributed by atoms with Gasteiger partial charge in [-0.1, -0.05) is 30.3 Å². The van der Waals surface area contributed by atoms with E-state index in [2.05, 4.69) is 5.32 Å². The predicted octanol–water partition coefficient (Wildman–Crippen LogP) is 0.931. The van der Waals surface area contributed by atoms with E-state index in [4.69, 9.17) is 5.73 Å². The molecule has 120 valence electrons. The first kappa shape index (κ1) is 16.5. The third-order valence-corrected chi connectivity index (χ3v) is 4.09. The normalized spacial score (nSPS) is 19.5. The Morgan fingerprint density at radius 3 is 2.77 bits per heavy atom. The average Bonchev–Trinajstić information content (AvgIpc) is 2.53. The molecule has 1 aromatic carbocycles. The summed E-state index contributed by atoms with van der Waals surface area (Å²) in [6.45, 7) is 3.59. The fourth-order valence-electron chi connectivity index (χ4n) is 2.91.